The number of para-hydroxylation sites is 2. The molecule has 37 heavy (non-hydrogen) atoms. The molecule has 2 amide bonds. The maximum absolute atomic E-state index is 13.5. The van der Waals surface area contributed by atoms with Crippen molar-refractivity contribution in [2.45, 2.75) is 0 Å². The smallest absolute Gasteiger partial charge is 0.308 e. The average molecular weight is 547 g/mol. The molecule has 5 aromatic rings. The summed E-state index contributed by atoms with van der Waals surface area (Å²) in [5.41, 5.74) is 3.73. The van der Waals surface area contributed by atoms with E-state index in [1.807, 2.05) is 36.4 Å². The third kappa shape index (κ3) is 5.16. The minimum absolute atomic E-state index is 0.172. The molecule has 0 aliphatic carbocycles. The van der Waals surface area contributed by atoms with Crippen molar-refractivity contribution in [2.24, 2.45) is 0 Å². The van der Waals surface area contributed by atoms with E-state index in [1.54, 1.807) is 60.8 Å². The fourth-order valence-corrected chi connectivity index (χ4v) is 4.78. The molecule has 0 bridgehead atoms. The third-order valence-corrected chi connectivity index (χ3v) is 6.67. The second-order valence-electron chi connectivity index (χ2n) is 8.13. The number of ketones is 1. The molecule has 0 spiro atoms. The number of nitrogens with one attached hydrogen (secondary N) is 2. The lowest BCUT2D eigenvalue weighted by molar-refractivity contribution is 0.103. The van der Waals surface area contributed by atoms with Gasteiger partial charge in [-0.3, -0.25) is 9.78 Å². The van der Waals surface area contributed by atoms with E-state index in [0.717, 1.165) is 5.39 Å². The first-order valence-corrected chi connectivity index (χ1v) is 12.3. The number of anilines is 2. The average Bonchev–Trinajstić information content (AvgIpc) is 2.90. The number of hydrogen-bond donors (Lipinski definition) is 2. The number of carbonyl (C=O) groups excluding carboxylic acids is 2. The number of pyridine rings is 1. The first-order valence-electron chi connectivity index (χ1n) is 11.2. The Kier molecular flexibility index (Phi) is 7.10. The quantitative estimate of drug-likeness (QED) is 0.217. The van der Waals surface area contributed by atoms with Gasteiger partial charge in [0.05, 0.1) is 26.3 Å². The number of benzene rings is 4. The number of amides is 2. The fourth-order valence-electron chi connectivity index (χ4n) is 4.06. The van der Waals surface area contributed by atoms with Crippen LogP contribution in [-0.4, -0.2) is 16.8 Å². The molecule has 5 nitrogen and oxygen atoms in total. The van der Waals surface area contributed by atoms with Crippen molar-refractivity contribution in [3.05, 3.63) is 123 Å². The van der Waals surface area contributed by atoms with Crippen LogP contribution in [0.3, 0.4) is 0 Å². The predicted molar refractivity (Wildman–Crippen MR) is 151 cm³/mol. The van der Waals surface area contributed by atoms with Gasteiger partial charge >= 0.3 is 6.03 Å². The van der Waals surface area contributed by atoms with Gasteiger partial charge in [0.15, 0.2) is 5.78 Å². The van der Waals surface area contributed by atoms with Gasteiger partial charge in [0.25, 0.3) is 0 Å². The Labute approximate surface area is 228 Å². The molecule has 8 heteroatoms. The van der Waals surface area contributed by atoms with E-state index in [9.17, 15) is 9.59 Å². The van der Waals surface area contributed by atoms with Crippen molar-refractivity contribution in [1.82, 2.24) is 4.98 Å². The largest absolute Gasteiger partial charge is 0.323 e. The van der Waals surface area contributed by atoms with Gasteiger partial charge in [0.1, 0.15) is 0 Å². The highest BCUT2D eigenvalue weighted by Crippen LogP contribution is 2.36. The van der Waals surface area contributed by atoms with Crippen molar-refractivity contribution >= 4 is 68.9 Å². The van der Waals surface area contributed by atoms with Crippen molar-refractivity contribution in [1.29, 1.82) is 0 Å². The molecule has 0 fully saturated rings. The van der Waals surface area contributed by atoms with Crippen LogP contribution in [0.5, 0.6) is 0 Å². The van der Waals surface area contributed by atoms with E-state index in [4.69, 9.17) is 34.8 Å². The molecule has 5 rings (SSSR count). The summed E-state index contributed by atoms with van der Waals surface area (Å²) in [6, 6.07) is 26.1. The van der Waals surface area contributed by atoms with Crippen LogP contribution in [-0.2, 0) is 0 Å². The number of halogens is 3. The van der Waals surface area contributed by atoms with Crippen LogP contribution < -0.4 is 10.6 Å². The molecule has 1 heterocycles. The van der Waals surface area contributed by atoms with Crippen LogP contribution in [0, 0.1) is 0 Å². The lowest BCUT2D eigenvalue weighted by Crippen LogP contribution is -2.19. The van der Waals surface area contributed by atoms with Gasteiger partial charge in [0.2, 0.25) is 0 Å². The highest BCUT2D eigenvalue weighted by atomic mass is 35.5. The van der Waals surface area contributed by atoms with Gasteiger partial charge in [-0.25, -0.2) is 4.79 Å². The lowest BCUT2D eigenvalue weighted by atomic mass is 9.92. The molecule has 4 aromatic carbocycles. The molecule has 0 aliphatic rings. The summed E-state index contributed by atoms with van der Waals surface area (Å²) in [4.78, 5) is 30.7. The van der Waals surface area contributed by atoms with Crippen LogP contribution in [0.15, 0.2) is 97.2 Å². The van der Waals surface area contributed by atoms with Crippen LogP contribution >= 0.6 is 34.8 Å². The zero-order valence-corrected chi connectivity index (χ0v) is 21.4. The summed E-state index contributed by atoms with van der Waals surface area (Å²) in [5, 5.41) is 7.32. The topological polar surface area (TPSA) is 71.1 Å². The third-order valence-electron chi connectivity index (χ3n) is 5.74. The standard InChI is InChI=1S/C29H18Cl3N3O2/c30-22-12-5-11-20-25(21(16-33-26(20)22)28(36)17-7-2-1-3-8-17)18-9-4-10-19(15-18)34-29(37)35-27-23(31)13-6-14-24(27)32/h1-16H,(H2,34,35,37). The van der Waals surface area contributed by atoms with Gasteiger partial charge in [0, 0.05) is 34.0 Å². The number of rotatable bonds is 5. The monoisotopic (exact) mass is 545 g/mol. The molecule has 0 saturated carbocycles. The number of nitrogens with zero attached hydrogens (tertiary/aromatic N) is 1. The number of hydrogen-bond acceptors (Lipinski definition) is 3. The van der Waals surface area contributed by atoms with Crippen LogP contribution in [0.1, 0.15) is 15.9 Å². The maximum Gasteiger partial charge on any atom is 0.323 e. The number of aromatic nitrogens is 1. The Hall–Kier alpha value is -3.90. The van der Waals surface area contributed by atoms with E-state index in [1.165, 1.54) is 0 Å². The minimum atomic E-state index is -0.518. The molecule has 0 unspecified atom stereocenters. The van der Waals surface area contributed by atoms with Crippen LogP contribution in [0.2, 0.25) is 15.1 Å². The number of carbonyl (C=O) groups is 2. The predicted octanol–water partition coefficient (Wildman–Crippen LogP) is 8.74. The minimum Gasteiger partial charge on any atom is -0.308 e. The molecular weight excluding hydrogens is 529 g/mol. The Morgan fingerprint density at radius 3 is 2.14 bits per heavy atom. The SMILES string of the molecule is O=C(Nc1cccc(-c2c(C(=O)c3ccccc3)cnc3c(Cl)cccc23)c1)Nc1c(Cl)cccc1Cl. The van der Waals surface area contributed by atoms with Crippen molar-refractivity contribution < 1.29 is 9.59 Å². The highest BCUT2D eigenvalue weighted by Gasteiger charge is 2.20. The zero-order chi connectivity index (χ0) is 25.9. The van der Waals surface area contributed by atoms with Crippen molar-refractivity contribution in [2.75, 3.05) is 10.6 Å². The van der Waals surface area contributed by atoms with E-state index >= 15 is 0 Å². The zero-order valence-electron chi connectivity index (χ0n) is 19.1. The van der Waals surface area contributed by atoms with Crippen LogP contribution in [0.4, 0.5) is 16.2 Å². The number of fused-ring (bicyclic) bond motifs is 1. The van der Waals surface area contributed by atoms with E-state index < -0.39 is 6.03 Å². The summed E-state index contributed by atoms with van der Waals surface area (Å²) in [7, 11) is 0. The highest BCUT2D eigenvalue weighted by molar-refractivity contribution is 6.40. The van der Waals surface area contributed by atoms with Gasteiger partial charge < -0.3 is 10.6 Å². The van der Waals surface area contributed by atoms with Gasteiger partial charge in [-0.1, -0.05) is 95.5 Å². The Morgan fingerprint density at radius 2 is 1.38 bits per heavy atom. The van der Waals surface area contributed by atoms with Crippen LogP contribution in [0.25, 0.3) is 22.0 Å². The summed E-state index contributed by atoms with van der Waals surface area (Å²) >= 11 is 18.8. The second-order valence-corrected chi connectivity index (χ2v) is 9.36. The fraction of sp³-hybridized carbons (Fsp3) is 0. The molecule has 0 atom stereocenters. The molecule has 2 N–H and O–H groups in total. The Balaban J connectivity index is 1.56. The van der Waals surface area contributed by atoms with Crippen molar-refractivity contribution in [3.63, 3.8) is 0 Å². The second kappa shape index (κ2) is 10.6. The molecule has 0 aliphatic heterocycles. The van der Waals surface area contributed by atoms with Crippen molar-refractivity contribution in [3.8, 4) is 11.1 Å². The summed E-state index contributed by atoms with van der Waals surface area (Å²) < 4.78 is 0. The van der Waals surface area contributed by atoms with E-state index in [0.29, 0.717) is 54.2 Å². The Bertz CT molecular complexity index is 1640. The maximum atomic E-state index is 13.5. The summed E-state index contributed by atoms with van der Waals surface area (Å²) in [6.07, 6.45) is 1.55. The van der Waals surface area contributed by atoms with E-state index in [2.05, 4.69) is 15.6 Å². The molecule has 1 aromatic heterocycles. The summed E-state index contributed by atoms with van der Waals surface area (Å²) in [6.45, 7) is 0. The van der Waals surface area contributed by atoms with Gasteiger partial charge in [-0.2, -0.15) is 0 Å². The van der Waals surface area contributed by atoms with Gasteiger partial charge in [-0.05, 0) is 35.9 Å². The van der Waals surface area contributed by atoms with E-state index in [-0.39, 0.29) is 5.78 Å². The first-order chi connectivity index (χ1) is 17.9. The summed E-state index contributed by atoms with van der Waals surface area (Å²) in [5.74, 6) is -0.172. The molecule has 0 radical (unpaired) electrons. The molecule has 182 valence electrons. The first kappa shape index (κ1) is 24.8. The number of urea groups is 1. The normalized spacial score (nSPS) is 10.8. The lowest BCUT2D eigenvalue weighted by Gasteiger charge is -2.15. The van der Waals surface area contributed by atoms with Gasteiger partial charge in [-0.15, -0.1) is 0 Å². The molecule has 0 saturated heterocycles. The molecular formula is C29H18Cl3N3O2. The Morgan fingerprint density at radius 1 is 0.703 bits per heavy atom.